The highest BCUT2D eigenvalue weighted by atomic mass is 32.1. The van der Waals surface area contributed by atoms with Crippen molar-refractivity contribution in [1.29, 1.82) is 0 Å². The number of benzene rings is 9. The molecule has 9 aromatic carbocycles. The first-order valence-corrected chi connectivity index (χ1v) is 20.2. The van der Waals surface area contributed by atoms with Crippen LogP contribution in [0.25, 0.3) is 120 Å². The van der Waals surface area contributed by atoms with Gasteiger partial charge in [0, 0.05) is 53.0 Å². The third-order valence-electron chi connectivity index (χ3n) is 10.8. The molecule has 280 valence electrons. The average Bonchev–Trinajstić information content (AvgIpc) is 3.98. The van der Waals surface area contributed by atoms with Gasteiger partial charge in [0.2, 0.25) is 0 Å². The number of hydrogen-bond donors (Lipinski definition) is 0. The normalized spacial score (nSPS) is 13.8. The Labute approximate surface area is 362 Å². The molecule has 60 heavy (non-hydrogen) atoms. The van der Waals surface area contributed by atoms with Crippen LogP contribution in [0.1, 0.15) is 12.3 Å². The molecule has 0 aliphatic heterocycles. The van der Waals surface area contributed by atoms with Gasteiger partial charge < -0.3 is 4.42 Å². The molecule has 0 amide bonds. The molecule has 12 aromatic rings. The third-order valence-corrected chi connectivity index (χ3v) is 12.0. The van der Waals surface area contributed by atoms with E-state index in [9.17, 15) is 2.74 Å². The molecule has 0 spiro atoms. The molecule has 5 heteroatoms. The van der Waals surface area contributed by atoms with E-state index in [1.165, 1.54) is 4.70 Å². The summed E-state index contributed by atoms with van der Waals surface area (Å²) in [5.74, 6) is 1.21. The van der Waals surface area contributed by atoms with Gasteiger partial charge in [0.05, 0.1) is 12.3 Å². The fraction of sp³-hybridized carbons (Fsp3) is 0. The van der Waals surface area contributed by atoms with E-state index in [0.717, 1.165) is 48.9 Å². The molecule has 0 saturated carbocycles. The van der Waals surface area contributed by atoms with Gasteiger partial charge in [-0.3, -0.25) is 0 Å². The van der Waals surface area contributed by atoms with Crippen LogP contribution in [0.5, 0.6) is 0 Å². The summed E-state index contributed by atoms with van der Waals surface area (Å²) in [5.41, 5.74) is 6.64. The van der Waals surface area contributed by atoms with E-state index >= 15 is 0 Å². The molecular weight excluding hydrogens is 751 g/mol. The molecule has 0 N–H and O–H groups in total. The first-order chi connectivity index (χ1) is 33.5. The predicted molar refractivity (Wildman–Crippen MR) is 250 cm³/mol. The van der Waals surface area contributed by atoms with E-state index in [4.69, 9.17) is 29.0 Å². The van der Waals surface area contributed by atoms with E-state index < -0.39 is 36.3 Å². The first-order valence-electron chi connectivity index (χ1n) is 23.9. The van der Waals surface area contributed by atoms with Gasteiger partial charge >= 0.3 is 0 Å². The molecule has 3 aromatic heterocycles. The van der Waals surface area contributed by atoms with Crippen LogP contribution in [0.2, 0.25) is 0 Å². The first kappa shape index (κ1) is 26.3. The summed E-state index contributed by atoms with van der Waals surface area (Å²) in [5, 5.41) is 1.92. The highest BCUT2D eigenvalue weighted by molar-refractivity contribution is 7.26. The molecule has 0 unspecified atom stereocenters. The lowest BCUT2D eigenvalue weighted by molar-refractivity contribution is 0.672. The second kappa shape index (κ2) is 14.0. The van der Waals surface area contributed by atoms with E-state index in [1.807, 2.05) is 72.8 Å². The molecule has 3 heterocycles. The monoisotopic (exact) mass is 792 g/mol. The van der Waals surface area contributed by atoms with Crippen LogP contribution < -0.4 is 0 Å². The maximum Gasteiger partial charge on any atom is 0.164 e. The van der Waals surface area contributed by atoms with Crippen LogP contribution in [-0.2, 0) is 0 Å². The Morgan fingerprint density at radius 1 is 0.417 bits per heavy atom. The maximum atomic E-state index is 9.58. The average molecular weight is 793 g/mol. The Morgan fingerprint density at radius 2 is 1.07 bits per heavy atom. The summed E-state index contributed by atoms with van der Waals surface area (Å²) >= 11 is 1.72. The minimum absolute atomic E-state index is 0.00424. The minimum Gasteiger partial charge on any atom is -0.455 e. The molecule has 0 radical (unpaired) electrons. The molecule has 0 fully saturated rings. The van der Waals surface area contributed by atoms with Crippen LogP contribution in [0.3, 0.4) is 0 Å². The van der Waals surface area contributed by atoms with E-state index in [0.29, 0.717) is 28.6 Å². The fourth-order valence-corrected chi connectivity index (χ4v) is 9.13. The zero-order valence-electron chi connectivity index (χ0n) is 40.5. The highest BCUT2D eigenvalue weighted by Crippen LogP contribution is 2.42. The van der Waals surface area contributed by atoms with Gasteiger partial charge in [-0.15, -0.1) is 11.3 Å². The van der Waals surface area contributed by atoms with Crippen molar-refractivity contribution in [3.8, 4) is 67.5 Å². The zero-order chi connectivity index (χ0) is 47.4. The van der Waals surface area contributed by atoms with Crippen LogP contribution in [0.15, 0.2) is 204 Å². The standard InChI is InChI=1S/C55H33N3OS/c1-3-11-34(12-4-1)35-21-23-38(24-22-35)53-56-54(58-55(57-53)42-26-28-45-47-20-10-19-44(36-13-5-2-6-14-36)52(47)60-50(45)33-42)41-17-9-16-39(31-41)40-27-30-49-48(32-40)46-29-25-37-15-7-8-18-43(37)51(46)59-49/h1-33H/i7D,8D,15D,18D,25D,27D,29D,30D,32D. The minimum atomic E-state index is -0.554. The van der Waals surface area contributed by atoms with Gasteiger partial charge in [0.25, 0.3) is 0 Å². The van der Waals surface area contributed by atoms with Gasteiger partial charge in [0.1, 0.15) is 11.2 Å². The number of aromatic nitrogens is 3. The predicted octanol–water partition coefficient (Wildman–Crippen LogP) is 15.3. The lowest BCUT2D eigenvalue weighted by Crippen LogP contribution is -2.00. The van der Waals surface area contributed by atoms with Gasteiger partial charge in [-0.2, -0.15) is 0 Å². The zero-order valence-corrected chi connectivity index (χ0v) is 32.3. The number of nitrogens with zero attached hydrogens (tertiary/aromatic N) is 3. The van der Waals surface area contributed by atoms with Crippen molar-refractivity contribution in [3.05, 3.63) is 200 Å². The van der Waals surface area contributed by atoms with E-state index in [-0.39, 0.29) is 56.4 Å². The number of hydrogen-bond acceptors (Lipinski definition) is 5. The number of rotatable bonds is 6. The molecule has 0 atom stereocenters. The van der Waals surface area contributed by atoms with Crippen molar-refractivity contribution < 1.29 is 16.8 Å². The summed E-state index contributed by atoms with van der Waals surface area (Å²) in [6.07, 6.45) is 0. The van der Waals surface area contributed by atoms with Gasteiger partial charge in [-0.25, -0.2) is 15.0 Å². The molecule has 0 aliphatic carbocycles. The maximum absolute atomic E-state index is 9.58. The lowest BCUT2D eigenvalue weighted by Gasteiger charge is -2.10. The van der Waals surface area contributed by atoms with Crippen LogP contribution in [-0.4, -0.2) is 15.0 Å². The Balaban J connectivity index is 1.03. The topological polar surface area (TPSA) is 51.8 Å². The molecule has 0 bridgehead atoms. The smallest absolute Gasteiger partial charge is 0.164 e. The second-order valence-electron chi connectivity index (χ2n) is 14.5. The summed E-state index contributed by atoms with van der Waals surface area (Å²) < 4.78 is 88.0. The summed E-state index contributed by atoms with van der Waals surface area (Å²) in [7, 11) is 0. The van der Waals surface area contributed by atoms with Crippen LogP contribution >= 0.6 is 11.3 Å². The van der Waals surface area contributed by atoms with Crippen molar-refractivity contribution in [1.82, 2.24) is 15.0 Å². The Morgan fingerprint density at radius 3 is 1.88 bits per heavy atom. The van der Waals surface area contributed by atoms with Crippen molar-refractivity contribution in [2.45, 2.75) is 0 Å². The van der Waals surface area contributed by atoms with Crippen molar-refractivity contribution in [2.24, 2.45) is 0 Å². The quantitative estimate of drug-likeness (QED) is 0.168. The second-order valence-corrected chi connectivity index (χ2v) is 15.5. The van der Waals surface area contributed by atoms with Crippen molar-refractivity contribution >= 4 is 64.2 Å². The molecule has 12 rings (SSSR count). The van der Waals surface area contributed by atoms with Crippen molar-refractivity contribution in [3.63, 3.8) is 0 Å². The Hall–Kier alpha value is -7.73. The third kappa shape index (κ3) is 5.86. The molecule has 0 saturated heterocycles. The summed E-state index contributed by atoms with van der Waals surface area (Å²) in [4.78, 5) is 15.2. The van der Waals surface area contributed by atoms with Crippen LogP contribution in [0, 0.1) is 0 Å². The summed E-state index contributed by atoms with van der Waals surface area (Å²) in [6, 6.07) is 44.3. The fourth-order valence-electron chi connectivity index (χ4n) is 7.86. The Bertz CT molecular complexity index is 4120. The largest absolute Gasteiger partial charge is 0.455 e. The molecule has 4 nitrogen and oxygen atoms in total. The van der Waals surface area contributed by atoms with Gasteiger partial charge in [0.15, 0.2) is 17.5 Å². The Kier molecular flexibility index (Phi) is 6.13. The van der Waals surface area contributed by atoms with E-state index in [2.05, 4.69) is 54.6 Å². The highest BCUT2D eigenvalue weighted by Gasteiger charge is 2.17. The van der Waals surface area contributed by atoms with E-state index in [1.54, 1.807) is 29.5 Å². The lowest BCUT2D eigenvalue weighted by atomic mass is 10.00. The van der Waals surface area contributed by atoms with Crippen molar-refractivity contribution in [2.75, 3.05) is 0 Å². The molecular formula is C55H33N3OS. The SMILES string of the molecule is [2H]c1c(-c2cccc(-c3nc(-c4ccc(-c5ccccc5)cc4)nc(-c4ccc5c(c4)sc4c(-c6ccccc6)cccc45)n3)c2)c([2H])c2c(oc3c4c([2H])c([2H])c([2H])c([2H])c4c([2H])c([2H])c32)c1[2H]. The number of furan rings is 1. The van der Waals surface area contributed by atoms with Gasteiger partial charge in [-0.1, -0.05) is 170 Å². The molecule has 0 aliphatic rings. The van der Waals surface area contributed by atoms with Crippen LogP contribution in [0.4, 0.5) is 0 Å². The number of thiophene rings is 1. The summed E-state index contributed by atoms with van der Waals surface area (Å²) in [6.45, 7) is 0. The van der Waals surface area contributed by atoms with Gasteiger partial charge in [-0.05, 0) is 69.0 Å². The number of fused-ring (bicyclic) bond motifs is 8.